The second-order valence-electron chi connectivity index (χ2n) is 2.73. The summed E-state index contributed by atoms with van der Waals surface area (Å²) < 4.78 is 0. The zero-order chi connectivity index (χ0) is 10.2. The van der Waals surface area contributed by atoms with Gasteiger partial charge in [-0.05, 0) is 11.1 Å². The third kappa shape index (κ3) is 3.25. The van der Waals surface area contributed by atoms with Gasteiger partial charge in [0.25, 0.3) is 0 Å². The van der Waals surface area contributed by atoms with E-state index in [4.69, 9.17) is 0 Å². The second kappa shape index (κ2) is 6.75. The lowest BCUT2D eigenvalue weighted by molar-refractivity contribution is 1.62. The molecular formula is C12H12BrP. The van der Waals surface area contributed by atoms with Crippen LogP contribution in [-0.4, -0.2) is 0 Å². The number of hydrogen-bond acceptors (Lipinski definition) is 0. The van der Waals surface area contributed by atoms with Gasteiger partial charge >= 0.3 is 0 Å². The van der Waals surface area contributed by atoms with E-state index in [1.165, 1.54) is 11.1 Å². The van der Waals surface area contributed by atoms with E-state index in [0.29, 0.717) is 0 Å². The fraction of sp³-hybridized carbons (Fsp3) is 0. The lowest BCUT2D eigenvalue weighted by Crippen LogP contribution is -1.73. The van der Waals surface area contributed by atoms with Crippen molar-refractivity contribution in [3.8, 4) is 11.1 Å². The van der Waals surface area contributed by atoms with Crippen molar-refractivity contribution in [1.82, 2.24) is 0 Å². The summed E-state index contributed by atoms with van der Waals surface area (Å²) in [6.07, 6.45) is 0. The van der Waals surface area contributed by atoms with Crippen LogP contribution in [0.1, 0.15) is 0 Å². The fourth-order valence-corrected chi connectivity index (χ4v) is 1.26. The molecule has 2 rings (SSSR count). The molecule has 0 amide bonds. The van der Waals surface area contributed by atoms with Crippen molar-refractivity contribution in [3.05, 3.63) is 60.7 Å². The summed E-state index contributed by atoms with van der Waals surface area (Å²) in [5.41, 5.74) is 2.55. The maximum Gasteiger partial charge on any atom is -0.0184 e. The molecule has 0 aliphatic carbocycles. The van der Waals surface area contributed by atoms with E-state index in [9.17, 15) is 0 Å². The van der Waals surface area contributed by atoms with Crippen LogP contribution in [0.4, 0.5) is 0 Å². The summed E-state index contributed by atoms with van der Waals surface area (Å²) in [5.74, 6) is 0. The number of benzene rings is 2. The maximum absolute atomic E-state index is 2.85. The van der Waals surface area contributed by atoms with Crippen LogP contribution in [-0.2, 0) is 0 Å². The van der Waals surface area contributed by atoms with E-state index in [0.717, 1.165) is 0 Å². The minimum Gasteiger partial charge on any atom is -0.0679 e. The van der Waals surface area contributed by atoms with Crippen molar-refractivity contribution in [1.29, 1.82) is 0 Å². The first-order valence-corrected chi connectivity index (χ1v) is 7.47. The Balaban J connectivity index is 0.000000461. The number of rotatable bonds is 1. The summed E-state index contributed by atoms with van der Waals surface area (Å²) in [6, 6.07) is 20.8. The van der Waals surface area contributed by atoms with Gasteiger partial charge in [0.15, 0.2) is 0 Å². The molecule has 0 radical (unpaired) electrons. The minimum atomic E-state index is 1.28. The molecule has 0 aliphatic rings. The molecule has 0 saturated carbocycles. The van der Waals surface area contributed by atoms with E-state index in [1.54, 1.807) is 0 Å². The van der Waals surface area contributed by atoms with Gasteiger partial charge in [-0.2, -0.15) is 0 Å². The van der Waals surface area contributed by atoms with Gasteiger partial charge in [-0.15, -0.1) is 0 Å². The monoisotopic (exact) mass is 266 g/mol. The van der Waals surface area contributed by atoms with Gasteiger partial charge in [-0.1, -0.05) is 84.1 Å². The SMILES string of the molecule is PBr.c1ccc(-c2ccccc2)cc1. The van der Waals surface area contributed by atoms with Crippen LogP contribution in [0.5, 0.6) is 0 Å². The summed E-state index contributed by atoms with van der Waals surface area (Å²) in [6.45, 7) is 0. The molecular weight excluding hydrogens is 255 g/mol. The van der Waals surface area contributed by atoms with Gasteiger partial charge in [0, 0.05) is 0 Å². The molecule has 0 spiro atoms. The molecule has 72 valence electrons. The Hall–Kier alpha value is -0.650. The molecule has 14 heavy (non-hydrogen) atoms. The van der Waals surface area contributed by atoms with Crippen molar-refractivity contribution in [2.24, 2.45) is 0 Å². The molecule has 1 atom stereocenters. The largest absolute Gasteiger partial charge is 0.0679 e. The molecule has 0 heterocycles. The van der Waals surface area contributed by atoms with Crippen molar-refractivity contribution < 1.29 is 0 Å². The molecule has 0 aromatic heterocycles. The van der Waals surface area contributed by atoms with E-state index >= 15 is 0 Å². The fourth-order valence-electron chi connectivity index (χ4n) is 1.26. The van der Waals surface area contributed by atoms with Crippen molar-refractivity contribution >= 4 is 23.4 Å². The minimum absolute atomic E-state index is 1.28. The number of halogens is 1. The summed E-state index contributed by atoms with van der Waals surface area (Å²) in [7, 11) is 2.23. The van der Waals surface area contributed by atoms with E-state index in [1.807, 2.05) is 12.1 Å². The first-order valence-electron chi connectivity index (χ1n) is 4.29. The Morgan fingerprint density at radius 2 is 0.857 bits per heavy atom. The van der Waals surface area contributed by atoms with Crippen LogP contribution in [0, 0.1) is 0 Å². The molecule has 1 unspecified atom stereocenters. The second-order valence-corrected chi connectivity index (χ2v) is 2.73. The lowest BCUT2D eigenvalue weighted by atomic mass is 10.1. The first kappa shape index (κ1) is 11.4. The highest BCUT2D eigenvalue weighted by atomic mass is 79.9. The van der Waals surface area contributed by atoms with Gasteiger partial charge < -0.3 is 0 Å². The Labute approximate surface area is 95.3 Å². The van der Waals surface area contributed by atoms with E-state index in [2.05, 4.69) is 72.0 Å². The standard InChI is InChI=1S/C12H10.BrH2P/c1-3-7-11(8-4-1)12-9-5-2-6-10-12;1-2/h1-10H;2H2. The topological polar surface area (TPSA) is 0 Å². The Morgan fingerprint density at radius 3 is 1.14 bits per heavy atom. The Morgan fingerprint density at radius 1 is 0.571 bits per heavy atom. The highest BCUT2D eigenvalue weighted by molar-refractivity contribution is 9.34. The van der Waals surface area contributed by atoms with Crippen LogP contribution in [0.15, 0.2) is 60.7 Å². The van der Waals surface area contributed by atoms with Gasteiger partial charge in [-0.25, -0.2) is 0 Å². The highest BCUT2D eigenvalue weighted by Crippen LogP contribution is 2.17. The average Bonchev–Trinajstić information content (AvgIpc) is 2.34. The molecule has 0 fully saturated rings. The van der Waals surface area contributed by atoms with Gasteiger partial charge in [0.2, 0.25) is 0 Å². The Bertz CT molecular complexity index is 308. The van der Waals surface area contributed by atoms with Crippen LogP contribution in [0.2, 0.25) is 0 Å². The smallest absolute Gasteiger partial charge is 0.0184 e. The van der Waals surface area contributed by atoms with Crippen LogP contribution < -0.4 is 0 Å². The van der Waals surface area contributed by atoms with Crippen molar-refractivity contribution in [2.75, 3.05) is 0 Å². The number of hydrogen-bond donors (Lipinski definition) is 0. The molecule has 0 bridgehead atoms. The average molecular weight is 267 g/mol. The van der Waals surface area contributed by atoms with Gasteiger partial charge in [0.1, 0.15) is 0 Å². The van der Waals surface area contributed by atoms with Gasteiger partial charge in [-0.3, -0.25) is 0 Å². The highest BCUT2D eigenvalue weighted by Gasteiger charge is 1.91. The van der Waals surface area contributed by atoms with Crippen molar-refractivity contribution in [2.45, 2.75) is 0 Å². The van der Waals surface area contributed by atoms with Crippen LogP contribution in [0.25, 0.3) is 11.1 Å². The van der Waals surface area contributed by atoms with Crippen LogP contribution >= 0.6 is 23.4 Å². The molecule has 2 aromatic carbocycles. The molecule has 2 heteroatoms. The third-order valence-electron chi connectivity index (χ3n) is 1.88. The van der Waals surface area contributed by atoms with E-state index < -0.39 is 0 Å². The molecule has 0 saturated heterocycles. The summed E-state index contributed by atoms with van der Waals surface area (Å²) >= 11 is 2.85. The summed E-state index contributed by atoms with van der Waals surface area (Å²) in [5, 5.41) is 0. The maximum atomic E-state index is 2.85. The molecule has 2 aromatic rings. The zero-order valence-corrected chi connectivity index (χ0v) is 10.5. The van der Waals surface area contributed by atoms with Crippen molar-refractivity contribution in [3.63, 3.8) is 0 Å². The molecule has 0 aliphatic heterocycles. The quantitative estimate of drug-likeness (QED) is 0.666. The van der Waals surface area contributed by atoms with Crippen LogP contribution in [0.3, 0.4) is 0 Å². The van der Waals surface area contributed by atoms with E-state index in [-0.39, 0.29) is 0 Å². The molecule has 0 nitrogen and oxygen atoms in total. The summed E-state index contributed by atoms with van der Waals surface area (Å²) in [4.78, 5) is 0. The lowest BCUT2D eigenvalue weighted by Gasteiger charge is -1.98. The molecule has 0 N–H and O–H groups in total. The first-order chi connectivity index (χ1) is 6.97. The zero-order valence-electron chi connectivity index (χ0n) is 7.73. The normalized spacial score (nSPS) is 8.71. The predicted octanol–water partition coefficient (Wildman–Crippen LogP) is 4.53. The Kier molecular flexibility index (Phi) is 5.51. The third-order valence-corrected chi connectivity index (χ3v) is 1.88. The predicted molar refractivity (Wildman–Crippen MR) is 70.5 cm³/mol. The van der Waals surface area contributed by atoms with Gasteiger partial charge in [0.05, 0.1) is 0 Å².